The summed E-state index contributed by atoms with van der Waals surface area (Å²) in [5.41, 5.74) is 1.40. The molecule has 4 rings (SSSR count). The second kappa shape index (κ2) is 10.3. The number of amides is 2. The van der Waals surface area contributed by atoms with E-state index in [0.29, 0.717) is 37.5 Å². The molecule has 1 unspecified atom stereocenters. The molecule has 0 N–H and O–H groups in total. The number of carbonyl (C=O) groups is 2. The number of rotatable bonds is 8. The smallest absolute Gasteiger partial charge is 0.243 e. The molecule has 1 aliphatic heterocycles. The zero-order chi connectivity index (χ0) is 22.5. The first kappa shape index (κ1) is 22.6. The van der Waals surface area contributed by atoms with Gasteiger partial charge < -0.3 is 14.4 Å². The number of fused-ring (bicyclic) bond motifs is 1. The van der Waals surface area contributed by atoms with E-state index in [1.54, 1.807) is 28.0 Å². The van der Waals surface area contributed by atoms with Crippen molar-refractivity contribution in [2.45, 2.75) is 64.5 Å². The maximum Gasteiger partial charge on any atom is 0.243 e. The Morgan fingerprint density at radius 2 is 1.88 bits per heavy atom. The van der Waals surface area contributed by atoms with E-state index in [0.717, 1.165) is 18.5 Å². The van der Waals surface area contributed by atoms with Crippen LogP contribution >= 0.6 is 0 Å². The minimum absolute atomic E-state index is 0.0585. The third kappa shape index (κ3) is 4.89. The molecule has 172 valence electrons. The van der Waals surface area contributed by atoms with E-state index >= 15 is 0 Å². The van der Waals surface area contributed by atoms with Crippen molar-refractivity contribution >= 4 is 11.8 Å². The highest BCUT2D eigenvalue weighted by molar-refractivity contribution is 5.85. The lowest BCUT2D eigenvalue weighted by molar-refractivity contribution is -0.142. The SMILES string of the molecule is CCCN(CC(=O)N1CCn2cccc2C1c1ccccc1F)C(=O)CCC1CCCC1. The highest BCUT2D eigenvalue weighted by Crippen LogP contribution is 2.34. The van der Waals surface area contributed by atoms with Gasteiger partial charge in [0, 0.05) is 43.5 Å². The largest absolute Gasteiger partial charge is 0.348 e. The van der Waals surface area contributed by atoms with E-state index in [-0.39, 0.29) is 24.2 Å². The summed E-state index contributed by atoms with van der Waals surface area (Å²) < 4.78 is 16.8. The van der Waals surface area contributed by atoms with Crippen LogP contribution in [0.5, 0.6) is 0 Å². The van der Waals surface area contributed by atoms with Crippen molar-refractivity contribution < 1.29 is 14.0 Å². The summed E-state index contributed by atoms with van der Waals surface area (Å²) in [5, 5.41) is 0. The van der Waals surface area contributed by atoms with Crippen LogP contribution in [0.3, 0.4) is 0 Å². The number of nitrogens with zero attached hydrogens (tertiary/aromatic N) is 3. The zero-order valence-corrected chi connectivity index (χ0v) is 19.0. The van der Waals surface area contributed by atoms with Gasteiger partial charge in [0.05, 0.1) is 6.54 Å². The molecule has 2 heterocycles. The number of carbonyl (C=O) groups excluding carboxylic acids is 2. The fourth-order valence-electron chi connectivity index (χ4n) is 5.28. The number of halogens is 1. The van der Waals surface area contributed by atoms with E-state index < -0.39 is 6.04 Å². The van der Waals surface area contributed by atoms with Gasteiger partial charge in [-0.3, -0.25) is 9.59 Å². The average molecular weight is 440 g/mol. The topological polar surface area (TPSA) is 45.6 Å². The van der Waals surface area contributed by atoms with Crippen LogP contribution < -0.4 is 0 Å². The Morgan fingerprint density at radius 3 is 2.62 bits per heavy atom. The fraction of sp³-hybridized carbons (Fsp3) is 0.538. The maximum atomic E-state index is 14.8. The predicted octanol–water partition coefficient (Wildman–Crippen LogP) is 4.77. The van der Waals surface area contributed by atoms with E-state index in [4.69, 9.17) is 0 Å². The lowest BCUT2D eigenvalue weighted by Gasteiger charge is -2.38. The van der Waals surface area contributed by atoms with E-state index in [9.17, 15) is 14.0 Å². The Bertz CT molecular complexity index is 935. The molecule has 1 aromatic heterocycles. The monoisotopic (exact) mass is 439 g/mol. The molecule has 5 nitrogen and oxygen atoms in total. The van der Waals surface area contributed by atoms with Gasteiger partial charge >= 0.3 is 0 Å². The molecule has 1 aromatic carbocycles. The number of aromatic nitrogens is 1. The highest BCUT2D eigenvalue weighted by Gasteiger charge is 2.34. The van der Waals surface area contributed by atoms with Crippen molar-refractivity contribution in [3.05, 3.63) is 59.7 Å². The molecule has 1 fully saturated rings. The average Bonchev–Trinajstić information content (AvgIpc) is 3.49. The maximum absolute atomic E-state index is 14.8. The first-order chi connectivity index (χ1) is 15.6. The third-order valence-electron chi connectivity index (χ3n) is 6.97. The van der Waals surface area contributed by atoms with Crippen LogP contribution in [-0.2, 0) is 16.1 Å². The van der Waals surface area contributed by atoms with Crippen LogP contribution in [0.25, 0.3) is 0 Å². The van der Waals surface area contributed by atoms with Crippen molar-refractivity contribution in [2.24, 2.45) is 5.92 Å². The molecule has 0 spiro atoms. The van der Waals surface area contributed by atoms with E-state index in [2.05, 4.69) is 4.57 Å². The molecular weight excluding hydrogens is 405 g/mol. The van der Waals surface area contributed by atoms with E-state index in [1.807, 2.05) is 25.3 Å². The molecule has 2 amide bonds. The van der Waals surface area contributed by atoms with Crippen LogP contribution in [0.15, 0.2) is 42.6 Å². The normalized spacial score (nSPS) is 18.6. The standard InChI is InChI=1S/C26H34FN3O2/c1-2-15-29(24(31)14-13-20-8-3-4-9-20)19-25(32)30-18-17-28-16-7-12-23(28)26(30)21-10-5-6-11-22(21)27/h5-7,10-12,16,20,26H,2-4,8-9,13-15,17-19H2,1H3. The molecular formula is C26H34FN3O2. The lowest BCUT2D eigenvalue weighted by Crippen LogP contribution is -2.48. The Morgan fingerprint density at radius 1 is 1.09 bits per heavy atom. The molecule has 0 radical (unpaired) electrons. The van der Waals surface area contributed by atoms with Crippen LogP contribution in [0.2, 0.25) is 0 Å². The van der Waals surface area contributed by atoms with Crippen molar-refractivity contribution in [1.29, 1.82) is 0 Å². The van der Waals surface area contributed by atoms with Crippen molar-refractivity contribution in [1.82, 2.24) is 14.4 Å². The van der Waals surface area contributed by atoms with E-state index in [1.165, 1.54) is 31.7 Å². The Hall–Kier alpha value is -2.63. The number of hydrogen-bond donors (Lipinski definition) is 0. The number of hydrogen-bond acceptors (Lipinski definition) is 2. The minimum Gasteiger partial charge on any atom is -0.348 e. The summed E-state index contributed by atoms with van der Waals surface area (Å²) in [5.74, 6) is 0.282. The van der Waals surface area contributed by atoms with Gasteiger partial charge in [0.2, 0.25) is 11.8 Å². The first-order valence-corrected chi connectivity index (χ1v) is 12.0. The summed E-state index contributed by atoms with van der Waals surface area (Å²) in [4.78, 5) is 29.9. The first-order valence-electron chi connectivity index (χ1n) is 12.0. The van der Waals surface area contributed by atoms with Crippen molar-refractivity contribution in [3.63, 3.8) is 0 Å². The van der Waals surface area contributed by atoms with Crippen LogP contribution in [0, 0.1) is 11.7 Å². The summed E-state index contributed by atoms with van der Waals surface area (Å²) in [7, 11) is 0. The predicted molar refractivity (Wildman–Crippen MR) is 122 cm³/mol. The Labute approximate surface area is 190 Å². The number of benzene rings is 1. The summed E-state index contributed by atoms with van der Waals surface area (Å²) >= 11 is 0. The minimum atomic E-state index is -0.482. The highest BCUT2D eigenvalue weighted by atomic mass is 19.1. The van der Waals surface area contributed by atoms with Gasteiger partial charge in [-0.25, -0.2) is 4.39 Å². The van der Waals surface area contributed by atoms with Gasteiger partial charge in [0.25, 0.3) is 0 Å². The fourth-order valence-corrected chi connectivity index (χ4v) is 5.28. The molecule has 6 heteroatoms. The Kier molecular flexibility index (Phi) is 7.28. The van der Waals surface area contributed by atoms with Crippen LogP contribution in [0.4, 0.5) is 4.39 Å². The second-order valence-corrected chi connectivity index (χ2v) is 9.14. The van der Waals surface area contributed by atoms with Crippen LogP contribution in [-0.4, -0.2) is 45.8 Å². The van der Waals surface area contributed by atoms with Gasteiger partial charge in [0.15, 0.2) is 0 Å². The van der Waals surface area contributed by atoms with Crippen molar-refractivity contribution in [2.75, 3.05) is 19.6 Å². The summed E-state index contributed by atoms with van der Waals surface area (Å²) in [6.45, 7) is 3.82. The summed E-state index contributed by atoms with van der Waals surface area (Å²) in [6.07, 6.45) is 9.19. The van der Waals surface area contributed by atoms with Crippen molar-refractivity contribution in [3.8, 4) is 0 Å². The van der Waals surface area contributed by atoms with Gasteiger partial charge in [0.1, 0.15) is 11.9 Å². The third-order valence-corrected chi connectivity index (χ3v) is 6.97. The van der Waals surface area contributed by atoms with Gasteiger partial charge in [-0.05, 0) is 37.0 Å². The molecule has 2 aliphatic rings. The zero-order valence-electron chi connectivity index (χ0n) is 19.0. The molecule has 32 heavy (non-hydrogen) atoms. The van der Waals surface area contributed by atoms with Crippen LogP contribution in [0.1, 0.15) is 69.2 Å². The second-order valence-electron chi connectivity index (χ2n) is 9.14. The Balaban J connectivity index is 1.50. The molecule has 0 bridgehead atoms. The van der Waals surface area contributed by atoms with Gasteiger partial charge in [-0.15, -0.1) is 0 Å². The molecule has 2 aromatic rings. The molecule has 0 saturated heterocycles. The van der Waals surface area contributed by atoms with Gasteiger partial charge in [-0.2, -0.15) is 0 Å². The lowest BCUT2D eigenvalue weighted by atomic mass is 9.99. The van der Waals surface area contributed by atoms with Gasteiger partial charge in [-0.1, -0.05) is 50.8 Å². The molecule has 1 atom stereocenters. The summed E-state index contributed by atoms with van der Waals surface area (Å²) in [6, 6.07) is 10.1. The quantitative estimate of drug-likeness (QED) is 0.595. The molecule has 1 aliphatic carbocycles. The molecule has 1 saturated carbocycles.